The Morgan fingerprint density at radius 2 is 1.59 bits per heavy atom. The van der Waals surface area contributed by atoms with Gasteiger partial charge in [-0.1, -0.05) is 36.4 Å². The first-order valence-electron chi connectivity index (χ1n) is 6.85. The fraction of sp³-hybridized carbons (Fsp3) is 0.0526. The molecule has 0 saturated heterocycles. The lowest BCUT2D eigenvalue weighted by atomic mass is 10.0. The second-order valence-electron chi connectivity index (χ2n) is 4.68. The first-order valence-corrected chi connectivity index (χ1v) is 6.85. The van der Waals surface area contributed by atoms with Crippen LogP contribution < -0.4 is 9.47 Å². The van der Waals surface area contributed by atoms with Crippen LogP contribution in [0.25, 0.3) is 11.1 Å². The third-order valence-corrected chi connectivity index (χ3v) is 3.27. The highest BCUT2D eigenvalue weighted by atomic mass is 19.1. The van der Waals surface area contributed by atoms with Gasteiger partial charge in [-0.3, -0.25) is 0 Å². The van der Waals surface area contributed by atoms with Gasteiger partial charge in [0, 0.05) is 11.6 Å². The molecule has 3 heteroatoms. The second-order valence-corrected chi connectivity index (χ2v) is 4.68. The topological polar surface area (TPSA) is 18.5 Å². The normalized spacial score (nSPS) is 10.3. The number of para-hydroxylation sites is 1. The Hall–Kier alpha value is -2.81. The van der Waals surface area contributed by atoms with Crippen molar-refractivity contribution < 1.29 is 13.9 Å². The van der Waals surface area contributed by atoms with E-state index < -0.39 is 5.82 Å². The molecule has 0 aliphatic heterocycles. The highest BCUT2D eigenvalue weighted by molar-refractivity contribution is 5.71. The van der Waals surface area contributed by atoms with E-state index in [1.54, 1.807) is 31.4 Å². The van der Waals surface area contributed by atoms with E-state index in [1.165, 1.54) is 0 Å². The Morgan fingerprint density at radius 3 is 2.27 bits per heavy atom. The van der Waals surface area contributed by atoms with Gasteiger partial charge in [-0.05, 0) is 35.9 Å². The highest BCUT2D eigenvalue weighted by Crippen LogP contribution is 2.35. The Morgan fingerprint density at radius 1 is 0.864 bits per heavy atom. The standard InChI is InChI=1S/C19H14FO2/c1-21-15-12-10-14(11-13-15)17-8-5-9-18(20)19(17)22-16-6-3-2-4-7-16/h2-8,10-13H,1H3. The van der Waals surface area contributed by atoms with E-state index in [4.69, 9.17) is 9.47 Å². The van der Waals surface area contributed by atoms with Crippen LogP contribution in [-0.4, -0.2) is 7.11 Å². The minimum absolute atomic E-state index is 0.166. The van der Waals surface area contributed by atoms with Crippen molar-refractivity contribution >= 4 is 0 Å². The van der Waals surface area contributed by atoms with Crippen LogP contribution in [0.5, 0.6) is 17.2 Å². The Kier molecular flexibility index (Phi) is 4.05. The van der Waals surface area contributed by atoms with Crippen LogP contribution in [-0.2, 0) is 0 Å². The zero-order valence-corrected chi connectivity index (χ0v) is 12.0. The molecule has 0 amide bonds. The number of hydrogen-bond acceptors (Lipinski definition) is 2. The van der Waals surface area contributed by atoms with Crippen molar-refractivity contribution in [3.63, 3.8) is 0 Å². The molecular weight excluding hydrogens is 279 g/mol. The van der Waals surface area contributed by atoms with Crippen LogP contribution in [0.1, 0.15) is 0 Å². The van der Waals surface area contributed by atoms with Gasteiger partial charge < -0.3 is 9.47 Å². The maximum atomic E-state index is 14.2. The molecule has 22 heavy (non-hydrogen) atoms. The summed E-state index contributed by atoms with van der Waals surface area (Å²) in [6.45, 7) is 0. The van der Waals surface area contributed by atoms with Gasteiger partial charge in [0.15, 0.2) is 11.6 Å². The SMILES string of the molecule is COc1ccc(-c2cc[c]c(F)c2Oc2ccccc2)cc1. The van der Waals surface area contributed by atoms with E-state index in [2.05, 4.69) is 6.07 Å². The number of hydrogen-bond donors (Lipinski definition) is 0. The second kappa shape index (κ2) is 6.31. The molecule has 0 N–H and O–H groups in total. The van der Waals surface area contributed by atoms with Crippen LogP contribution in [0.15, 0.2) is 66.7 Å². The summed E-state index contributed by atoms with van der Waals surface area (Å²) in [5.41, 5.74) is 1.52. The largest absolute Gasteiger partial charge is 0.497 e. The monoisotopic (exact) mass is 293 g/mol. The predicted octanol–water partition coefficient (Wildman–Crippen LogP) is 5.09. The summed E-state index contributed by atoms with van der Waals surface area (Å²) < 4.78 is 25.0. The minimum atomic E-state index is -0.517. The highest BCUT2D eigenvalue weighted by Gasteiger charge is 2.13. The van der Waals surface area contributed by atoms with E-state index in [-0.39, 0.29) is 5.75 Å². The lowest BCUT2D eigenvalue weighted by molar-refractivity contribution is 0.415. The van der Waals surface area contributed by atoms with Gasteiger partial charge in [-0.15, -0.1) is 0 Å². The van der Waals surface area contributed by atoms with Crippen molar-refractivity contribution in [2.45, 2.75) is 0 Å². The molecule has 3 rings (SSSR count). The fourth-order valence-corrected chi connectivity index (χ4v) is 2.16. The summed E-state index contributed by atoms with van der Waals surface area (Å²) in [5, 5.41) is 0. The molecule has 0 aliphatic rings. The van der Waals surface area contributed by atoms with Gasteiger partial charge in [0.05, 0.1) is 7.11 Å². The first kappa shape index (κ1) is 14.1. The van der Waals surface area contributed by atoms with Crippen LogP contribution in [0, 0.1) is 11.9 Å². The van der Waals surface area contributed by atoms with Crippen molar-refractivity contribution in [3.8, 4) is 28.4 Å². The maximum Gasteiger partial charge on any atom is 0.174 e. The maximum absolute atomic E-state index is 14.2. The molecule has 3 aromatic carbocycles. The van der Waals surface area contributed by atoms with Crippen molar-refractivity contribution in [2.24, 2.45) is 0 Å². The molecule has 0 fully saturated rings. The van der Waals surface area contributed by atoms with Crippen molar-refractivity contribution in [2.75, 3.05) is 7.11 Å². The van der Waals surface area contributed by atoms with Crippen LogP contribution in [0.2, 0.25) is 0 Å². The van der Waals surface area contributed by atoms with E-state index in [0.717, 1.165) is 11.3 Å². The summed E-state index contributed by atoms with van der Waals surface area (Å²) in [6, 6.07) is 22.4. The van der Waals surface area contributed by atoms with E-state index in [9.17, 15) is 4.39 Å². The van der Waals surface area contributed by atoms with Gasteiger partial charge in [0.1, 0.15) is 11.5 Å². The molecule has 3 aromatic rings. The summed E-state index contributed by atoms with van der Waals surface area (Å²) in [4.78, 5) is 0. The third kappa shape index (κ3) is 2.93. The lowest BCUT2D eigenvalue weighted by Gasteiger charge is -2.12. The smallest absolute Gasteiger partial charge is 0.174 e. The van der Waals surface area contributed by atoms with Crippen LogP contribution >= 0.6 is 0 Å². The predicted molar refractivity (Wildman–Crippen MR) is 83.7 cm³/mol. The van der Waals surface area contributed by atoms with Gasteiger partial charge >= 0.3 is 0 Å². The average Bonchev–Trinajstić information content (AvgIpc) is 2.58. The molecule has 0 spiro atoms. The Bertz CT molecular complexity index is 752. The molecule has 0 heterocycles. The summed E-state index contributed by atoms with van der Waals surface area (Å²) >= 11 is 0. The van der Waals surface area contributed by atoms with Gasteiger partial charge in [0.2, 0.25) is 0 Å². The molecule has 2 nitrogen and oxygen atoms in total. The van der Waals surface area contributed by atoms with Gasteiger partial charge in [-0.25, -0.2) is 4.39 Å². The van der Waals surface area contributed by atoms with Gasteiger partial charge in [0.25, 0.3) is 0 Å². The number of methoxy groups -OCH3 is 1. The van der Waals surface area contributed by atoms with Crippen LogP contribution in [0.4, 0.5) is 4.39 Å². The van der Waals surface area contributed by atoms with Gasteiger partial charge in [-0.2, -0.15) is 0 Å². The number of rotatable bonds is 4. The number of benzene rings is 3. The van der Waals surface area contributed by atoms with Crippen molar-refractivity contribution in [1.82, 2.24) is 0 Å². The molecule has 0 aromatic heterocycles. The molecule has 0 bridgehead atoms. The lowest BCUT2D eigenvalue weighted by Crippen LogP contribution is -1.92. The van der Waals surface area contributed by atoms with E-state index in [1.807, 2.05) is 42.5 Å². The quantitative estimate of drug-likeness (QED) is 0.666. The average molecular weight is 293 g/mol. The summed E-state index contributed by atoms with van der Waals surface area (Å²) in [7, 11) is 1.61. The van der Waals surface area contributed by atoms with E-state index in [0.29, 0.717) is 11.3 Å². The summed E-state index contributed by atoms with van der Waals surface area (Å²) in [6.07, 6.45) is 0. The van der Waals surface area contributed by atoms with Crippen LogP contribution in [0.3, 0.4) is 0 Å². The van der Waals surface area contributed by atoms with Crippen molar-refractivity contribution in [1.29, 1.82) is 0 Å². The zero-order valence-electron chi connectivity index (χ0n) is 12.0. The number of halogens is 1. The molecule has 0 atom stereocenters. The summed E-state index contributed by atoms with van der Waals surface area (Å²) in [5.74, 6) is 0.976. The Balaban J connectivity index is 2.02. The molecule has 0 saturated carbocycles. The Labute approximate surface area is 128 Å². The fourth-order valence-electron chi connectivity index (χ4n) is 2.16. The molecule has 0 unspecified atom stereocenters. The number of ether oxygens (including phenoxy) is 2. The van der Waals surface area contributed by atoms with Crippen molar-refractivity contribution in [3.05, 3.63) is 78.6 Å². The third-order valence-electron chi connectivity index (χ3n) is 3.27. The molecule has 0 aliphatic carbocycles. The molecule has 1 radical (unpaired) electrons. The molecule has 109 valence electrons. The van der Waals surface area contributed by atoms with E-state index >= 15 is 0 Å². The zero-order chi connectivity index (χ0) is 15.4. The first-order chi connectivity index (χ1) is 10.8. The minimum Gasteiger partial charge on any atom is -0.497 e. The molecular formula is C19H14FO2.